The second kappa shape index (κ2) is 6.45. The molecule has 8 heteroatoms. The third-order valence-corrected chi connectivity index (χ3v) is 9.34. The molecule has 0 aliphatic carbocycles. The summed E-state index contributed by atoms with van der Waals surface area (Å²) < 4.78 is 49.0. The van der Waals surface area contributed by atoms with E-state index in [2.05, 4.69) is 0 Å². The molecule has 1 saturated heterocycles. The van der Waals surface area contributed by atoms with Gasteiger partial charge in [0.25, 0.3) is 5.91 Å². The first-order chi connectivity index (χ1) is 12.8. The summed E-state index contributed by atoms with van der Waals surface area (Å²) in [6.45, 7) is 0.552. The lowest BCUT2D eigenvalue weighted by atomic mass is 10.1. The zero-order chi connectivity index (χ0) is 19.2. The highest BCUT2D eigenvalue weighted by Gasteiger charge is 2.38. The van der Waals surface area contributed by atoms with E-state index in [1.807, 2.05) is 24.3 Å². The molecule has 0 bridgehead atoms. The molecule has 2 aromatic rings. The summed E-state index contributed by atoms with van der Waals surface area (Å²) in [6.07, 6.45) is 0.863. The van der Waals surface area contributed by atoms with E-state index in [-0.39, 0.29) is 34.3 Å². The molecular weight excluding hydrogens is 386 g/mol. The molecule has 0 N–H and O–H groups in total. The highest BCUT2D eigenvalue weighted by atomic mass is 32.2. The first-order valence-electron chi connectivity index (χ1n) is 8.72. The van der Waals surface area contributed by atoms with Crippen LogP contribution in [0.25, 0.3) is 0 Å². The lowest BCUT2D eigenvalue weighted by Crippen LogP contribution is -2.29. The van der Waals surface area contributed by atoms with Gasteiger partial charge in [-0.1, -0.05) is 24.3 Å². The predicted octanol–water partition coefficient (Wildman–Crippen LogP) is 1.85. The number of rotatable bonds is 3. The summed E-state index contributed by atoms with van der Waals surface area (Å²) >= 11 is 0. The van der Waals surface area contributed by atoms with Crippen molar-refractivity contribution < 1.29 is 21.6 Å². The molecule has 1 atom stereocenters. The Balaban J connectivity index is 1.65. The van der Waals surface area contributed by atoms with Gasteiger partial charge < -0.3 is 4.90 Å². The lowest BCUT2D eigenvalue weighted by molar-refractivity contribution is 0.0989. The number of hydrogen-bond acceptors (Lipinski definition) is 5. The van der Waals surface area contributed by atoms with Crippen LogP contribution < -0.4 is 4.90 Å². The minimum absolute atomic E-state index is 0.00271. The molecule has 6 nitrogen and oxygen atoms in total. The molecule has 0 spiro atoms. The standard InChI is InChI=1S/C19H19NO5S2/c21-19(20-10-8-14-4-1-2-7-18(14)20)15-5-3-6-16(12-15)27(24,25)17-9-11-26(22,23)13-17/h1-7,12,17H,8-11,13H2/t17-/m1/s1. The fraction of sp³-hybridized carbons (Fsp3) is 0.316. The van der Waals surface area contributed by atoms with E-state index in [1.165, 1.54) is 18.2 Å². The van der Waals surface area contributed by atoms with Gasteiger partial charge in [0, 0.05) is 17.8 Å². The molecule has 2 aliphatic heterocycles. The third-order valence-electron chi connectivity index (χ3n) is 5.17. The number of para-hydroxylation sites is 1. The number of carbonyl (C=O) groups excluding carboxylic acids is 1. The number of hydrogen-bond donors (Lipinski definition) is 0. The van der Waals surface area contributed by atoms with Crippen LogP contribution in [0, 0.1) is 0 Å². The van der Waals surface area contributed by atoms with Gasteiger partial charge in [0.15, 0.2) is 19.7 Å². The number of fused-ring (bicyclic) bond motifs is 1. The average Bonchev–Trinajstić information content (AvgIpc) is 3.24. The maximum atomic E-state index is 12.9. The highest BCUT2D eigenvalue weighted by molar-refractivity contribution is 7.96. The minimum atomic E-state index is -3.80. The molecule has 1 amide bonds. The zero-order valence-corrected chi connectivity index (χ0v) is 16.2. The second-order valence-corrected chi connectivity index (χ2v) is 11.4. The Bertz CT molecular complexity index is 1120. The average molecular weight is 405 g/mol. The van der Waals surface area contributed by atoms with Crippen LogP contribution in [0.4, 0.5) is 5.69 Å². The number of sulfone groups is 2. The number of carbonyl (C=O) groups is 1. The van der Waals surface area contributed by atoms with E-state index in [0.29, 0.717) is 6.54 Å². The van der Waals surface area contributed by atoms with Crippen molar-refractivity contribution >= 4 is 31.3 Å². The van der Waals surface area contributed by atoms with Crippen molar-refractivity contribution in [3.8, 4) is 0 Å². The van der Waals surface area contributed by atoms with Gasteiger partial charge in [-0.2, -0.15) is 0 Å². The van der Waals surface area contributed by atoms with Crippen LogP contribution in [0.15, 0.2) is 53.4 Å². The van der Waals surface area contributed by atoms with Crippen LogP contribution in [-0.2, 0) is 26.1 Å². The molecule has 2 aromatic carbocycles. The minimum Gasteiger partial charge on any atom is -0.308 e. The molecule has 142 valence electrons. The van der Waals surface area contributed by atoms with Crippen molar-refractivity contribution in [2.24, 2.45) is 0 Å². The third kappa shape index (κ3) is 3.27. The lowest BCUT2D eigenvalue weighted by Gasteiger charge is -2.18. The van der Waals surface area contributed by atoms with Crippen LogP contribution >= 0.6 is 0 Å². The fourth-order valence-corrected chi connectivity index (χ4v) is 8.11. The molecule has 0 unspecified atom stereocenters. The Morgan fingerprint density at radius 1 is 1.07 bits per heavy atom. The van der Waals surface area contributed by atoms with Gasteiger partial charge in [-0.3, -0.25) is 4.79 Å². The highest BCUT2D eigenvalue weighted by Crippen LogP contribution is 2.30. The Morgan fingerprint density at radius 3 is 2.59 bits per heavy atom. The molecule has 0 radical (unpaired) electrons. The summed E-state index contributed by atoms with van der Waals surface area (Å²) in [7, 11) is -7.11. The summed E-state index contributed by atoms with van der Waals surface area (Å²) in [6, 6.07) is 13.6. The smallest absolute Gasteiger partial charge is 0.258 e. The van der Waals surface area contributed by atoms with Crippen molar-refractivity contribution in [1.29, 1.82) is 0 Å². The monoisotopic (exact) mass is 405 g/mol. The molecule has 4 rings (SSSR count). The topological polar surface area (TPSA) is 88.6 Å². The molecule has 2 heterocycles. The molecule has 2 aliphatic rings. The zero-order valence-electron chi connectivity index (χ0n) is 14.5. The van der Waals surface area contributed by atoms with Gasteiger partial charge in [-0.25, -0.2) is 16.8 Å². The first-order valence-corrected chi connectivity index (χ1v) is 12.1. The summed E-state index contributed by atoms with van der Waals surface area (Å²) in [5.74, 6) is -0.719. The SMILES string of the molecule is O=C(c1cccc(S(=O)(=O)[C@@H]2CCS(=O)(=O)C2)c1)N1CCc2ccccc21. The summed E-state index contributed by atoms with van der Waals surface area (Å²) in [5, 5.41) is -0.944. The van der Waals surface area contributed by atoms with Crippen molar-refractivity contribution in [3.05, 3.63) is 59.7 Å². The van der Waals surface area contributed by atoms with Gasteiger partial charge in [-0.15, -0.1) is 0 Å². The van der Waals surface area contributed by atoms with E-state index < -0.39 is 24.9 Å². The molecular formula is C19H19NO5S2. The van der Waals surface area contributed by atoms with E-state index in [1.54, 1.807) is 11.0 Å². The van der Waals surface area contributed by atoms with Crippen molar-refractivity contribution in [1.82, 2.24) is 0 Å². The van der Waals surface area contributed by atoms with Gasteiger partial charge in [0.1, 0.15) is 0 Å². The second-order valence-electron chi connectivity index (χ2n) is 6.93. The molecule has 0 saturated carbocycles. The van der Waals surface area contributed by atoms with Crippen LogP contribution in [0.1, 0.15) is 22.3 Å². The Hall–Kier alpha value is -2.19. The number of amides is 1. The van der Waals surface area contributed by atoms with Crippen molar-refractivity contribution in [2.45, 2.75) is 23.0 Å². The molecule has 27 heavy (non-hydrogen) atoms. The maximum absolute atomic E-state index is 12.9. The maximum Gasteiger partial charge on any atom is 0.258 e. The van der Waals surface area contributed by atoms with E-state index >= 15 is 0 Å². The number of nitrogens with zero attached hydrogens (tertiary/aromatic N) is 1. The molecule has 1 fully saturated rings. The van der Waals surface area contributed by atoms with E-state index in [4.69, 9.17) is 0 Å². The van der Waals surface area contributed by atoms with Gasteiger partial charge in [0.2, 0.25) is 0 Å². The van der Waals surface area contributed by atoms with Crippen LogP contribution in [-0.4, -0.2) is 46.0 Å². The van der Waals surface area contributed by atoms with Crippen molar-refractivity contribution in [2.75, 3.05) is 23.0 Å². The number of anilines is 1. The summed E-state index contributed by atoms with van der Waals surface area (Å²) in [5.41, 5.74) is 2.22. The van der Waals surface area contributed by atoms with E-state index in [9.17, 15) is 21.6 Å². The Kier molecular flexibility index (Phi) is 4.35. The predicted molar refractivity (Wildman–Crippen MR) is 103 cm³/mol. The molecule has 0 aromatic heterocycles. The normalized spacial score (nSPS) is 21.2. The Labute approximate surface area is 158 Å². The van der Waals surface area contributed by atoms with Gasteiger partial charge in [0.05, 0.1) is 21.7 Å². The largest absolute Gasteiger partial charge is 0.308 e. The summed E-state index contributed by atoms with van der Waals surface area (Å²) in [4.78, 5) is 14.6. The van der Waals surface area contributed by atoms with E-state index in [0.717, 1.165) is 17.7 Å². The Morgan fingerprint density at radius 2 is 1.85 bits per heavy atom. The fourth-order valence-electron chi connectivity index (χ4n) is 3.71. The van der Waals surface area contributed by atoms with Crippen molar-refractivity contribution in [3.63, 3.8) is 0 Å². The van der Waals surface area contributed by atoms with Gasteiger partial charge >= 0.3 is 0 Å². The van der Waals surface area contributed by atoms with Gasteiger partial charge in [-0.05, 0) is 42.7 Å². The first kappa shape index (κ1) is 18.2. The van der Waals surface area contributed by atoms with Crippen LogP contribution in [0.2, 0.25) is 0 Å². The van der Waals surface area contributed by atoms with Crippen LogP contribution in [0.5, 0.6) is 0 Å². The number of benzene rings is 2. The quantitative estimate of drug-likeness (QED) is 0.778. The van der Waals surface area contributed by atoms with Crippen LogP contribution in [0.3, 0.4) is 0 Å².